The summed E-state index contributed by atoms with van der Waals surface area (Å²) in [7, 11) is 0. The lowest BCUT2D eigenvalue weighted by Gasteiger charge is -2.30. The number of carbonyl (C=O) groups excluding carboxylic acids is 1. The van der Waals surface area contributed by atoms with Crippen LogP contribution in [0.4, 0.5) is 4.79 Å². The molecule has 0 aromatic heterocycles. The van der Waals surface area contributed by atoms with E-state index in [1.54, 1.807) is 18.7 Å². The Morgan fingerprint density at radius 2 is 1.90 bits per heavy atom. The fourth-order valence-corrected chi connectivity index (χ4v) is 2.47. The Kier molecular flexibility index (Phi) is 5.02. The lowest BCUT2D eigenvalue weighted by Crippen LogP contribution is -2.48. The summed E-state index contributed by atoms with van der Waals surface area (Å²) < 4.78 is 0. The molecule has 0 fully saturated rings. The van der Waals surface area contributed by atoms with E-state index in [2.05, 4.69) is 17.5 Å². The van der Waals surface area contributed by atoms with Crippen molar-refractivity contribution in [2.24, 2.45) is 0 Å². The second-order valence-corrected chi connectivity index (χ2v) is 6.24. The van der Waals surface area contributed by atoms with Gasteiger partial charge >= 0.3 is 6.03 Å². The van der Waals surface area contributed by atoms with Crippen LogP contribution in [0.5, 0.6) is 0 Å². The summed E-state index contributed by atoms with van der Waals surface area (Å²) in [4.78, 5) is 14.1. The van der Waals surface area contributed by atoms with Gasteiger partial charge in [0.25, 0.3) is 0 Å². The maximum atomic E-state index is 12.5. The zero-order valence-corrected chi connectivity index (χ0v) is 12.7. The van der Waals surface area contributed by atoms with Crippen LogP contribution in [-0.2, 0) is 6.54 Å². The van der Waals surface area contributed by atoms with Gasteiger partial charge in [-0.2, -0.15) is 0 Å². The maximum absolute atomic E-state index is 12.5. The zero-order valence-electron chi connectivity index (χ0n) is 12.7. The van der Waals surface area contributed by atoms with Crippen molar-refractivity contribution in [1.82, 2.24) is 10.2 Å². The molecule has 2 amide bonds. The third kappa shape index (κ3) is 5.23. The van der Waals surface area contributed by atoms with Gasteiger partial charge in [0.1, 0.15) is 0 Å². The standard InChI is InChI=1S/C17H24N2O2/c1-17(2,21)13-19(12-14-8-4-3-5-9-14)16(20)18-15-10-6-7-11-15/h3-9,15,21H,10-13H2,1-2H3,(H,18,20). The van der Waals surface area contributed by atoms with Crippen molar-refractivity contribution in [1.29, 1.82) is 0 Å². The number of rotatable bonds is 5. The highest BCUT2D eigenvalue weighted by atomic mass is 16.3. The largest absolute Gasteiger partial charge is 0.389 e. The third-order valence-corrected chi connectivity index (χ3v) is 3.42. The summed E-state index contributed by atoms with van der Waals surface area (Å²) in [5.74, 6) is 0. The Bertz CT molecular complexity index is 483. The summed E-state index contributed by atoms with van der Waals surface area (Å²) in [6.45, 7) is 4.23. The molecule has 0 heterocycles. The second-order valence-electron chi connectivity index (χ2n) is 6.24. The predicted molar refractivity (Wildman–Crippen MR) is 83.8 cm³/mol. The van der Waals surface area contributed by atoms with E-state index < -0.39 is 5.60 Å². The van der Waals surface area contributed by atoms with Gasteiger partial charge in [0.15, 0.2) is 0 Å². The Hall–Kier alpha value is -1.81. The maximum Gasteiger partial charge on any atom is 0.318 e. The molecule has 0 atom stereocenters. The molecule has 114 valence electrons. The van der Waals surface area contributed by atoms with Crippen molar-refractivity contribution in [2.45, 2.75) is 44.9 Å². The number of nitrogens with one attached hydrogen (secondary N) is 1. The lowest BCUT2D eigenvalue weighted by molar-refractivity contribution is 0.0442. The molecule has 1 aliphatic carbocycles. The SMILES string of the molecule is CC(C)(O)CN(Cc1ccccc1)C(=O)NC1CC=CC1. The topological polar surface area (TPSA) is 52.6 Å². The molecule has 21 heavy (non-hydrogen) atoms. The van der Waals surface area contributed by atoms with Crippen LogP contribution >= 0.6 is 0 Å². The minimum Gasteiger partial charge on any atom is -0.389 e. The molecule has 0 unspecified atom stereocenters. The van der Waals surface area contributed by atoms with E-state index in [9.17, 15) is 9.90 Å². The van der Waals surface area contributed by atoms with Gasteiger partial charge in [0, 0.05) is 12.6 Å². The molecular weight excluding hydrogens is 264 g/mol. The summed E-state index contributed by atoms with van der Waals surface area (Å²) in [6.07, 6.45) is 5.94. The summed E-state index contributed by atoms with van der Waals surface area (Å²) in [5.41, 5.74) is 0.140. The molecule has 0 saturated heterocycles. The van der Waals surface area contributed by atoms with Crippen molar-refractivity contribution in [3.8, 4) is 0 Å². The quantitative estimate of drug-likeness (QED) is 0.819. The molecule has 0 radical (unpaired) electrons. The molecule has 1 aliphatic rings. The van der Waals surface area contributed by atoms with E-state index in [0.29, 0.717) is 13.1 Å². The van der Waals surface area contributed by atoms with Crippen LogP contribution in [0.15, 0.2) is 42.5 Å². The van der Waals surface area contributed by atoms with E-state index in [-0.39, 0.29) is 12.1 Å². The highest BCUT2D eigenvalue weighted by molar-refractivity contribution is 5.74. The van der Waals surface area contributed by atoms with E-state index in [4.69, 9.17) is 0 Å². The summed E-state index contributed by atoms with van der Waals surface area (Å²) >= 11 is 0. The van der Waals surface area contributed by atoms with Gasteiger partial charge in [0.05, 0.1) is 12.1 Å². The molecule has 0 aliphatic heterocycles. The van der Waals surface area contributed by atoms with Crippen LogP contribution in [0.25, 0.3) is 0 Å². The van der Waals surface area contributed by atoms with E-state index in [0.717, 1.165) is 18.4 Å². The molecule has 0 saturated carbocycles. The van der Waals surface area contributed by atoms with Crippen molar-refractivity contribution in [2.75, 3.05) is 6.54 Å². The monoisotopic (exact) mass is 288 g/mol. The van der Waals surface area contributed by atoms with Gasteiger partial charge in [-0.25, -0.2) is 4.79 Å². The average Bonchev–Trinajstić information content (AvgIpc) is 2.90. The van der Waals surface area contributed by atoms with Gasteiger partial charge < -0.3 is 15.3 Å². The Balaban J connectivity index is 2.02. The minimum atomic E-state index is -0.917. The van der Waals surface area contributed by atoms with Crippen LogP contribution in [0.3, 0.4) is 0 Å². The van der Waals surface area contributed by atoms with Gasteiger partial charge in [-0.15, -0.1) is 0 Å². The van der Waals surface area contributed by atoms with E-state index >= 15 is 0 Å². The molecule has 4 heteroatoms. The predicted octanol–water partition coefficient (Wildman–Crippen LogP) is 2.69. The van der Waals surface area contributed by atoms with Gasteiger partial charge in [-0.3, -0.25) is 0 Å². The van der Waals surface area contributed by atoms with Crippen molar-refractivity contribution < 1.29 is 9.90 Å². The highest BCUT2D eigenvalue weighted by Gasteiger charge is 2.24. The van der Waals surface area contributed by atoms with Crippen LogP contribution < -0.4 is 5.32 Å². The average molecular weight is 288 g/mol. The number of carbonyl (C=O) groups is 1. The Labute approximate surface area is 126 Å². The molecule has 1 aromatic rings. The molecule has 1 aromatic carbocycles. The number of hydrogen-bond acceptors (Lipinski definition) is 2. The first kappa shape index (κ1) is 15.6. The Morgan fingerprint density at radius 1 is 1.29 bits per heavy atom. The second kappa shape index (κ2) is 6.76. The van der Waals surface area contributed by atoms with Crippen LogP contribution in [0, 0.1) is 0 Å². The number of amides is 2. The molecular formula is C17H24N2O2. The normalized spacial score (nSPS) is 15.2. The van der Waals surface area contributed by atoms with Gasteiger partial charge in [-0.1, -0.05) is 42.5 Å². The molecule has 0 spiro atoms. The number of urea groups is 1. The van der Waals surface area contributed by atoms with Crippen LogP contribution in [0.1, 0.15) is 32.3 Å². The number of benzene rings is 1. The number of aliphatic hydroxyl groups is 1. The first-order valence-electron chi connectivity index (χ1n) is 7.41. The van der Waals surface area contributed by atoms with Crippen molar-refractivity contribution in [3.63, 3.8) is 0 Å². The first-order valence-corrected chi connectivity index (χ1v) is 7.41. The van der Waals surface area contributed by atoms with E-state index in [1.807, 2.05) is 30.3 Å². The van der Waals surface area contributed by atoms with Gasteiger partial charge in [-0.05, 0) is 32.3 Å². The Morgan fingerprint density at radius 3 is 2.48 bits per heavy atom. The molecule has 4 nitrogen and oxygen atoms in total. The summed E-state index contributed by atoms with van der Waals surface area (Å²) in [5, 5.41) is 13.1. The number of hydrogen-bond donors (Lipinski definition) is 2. The lowest BCUT2D eigenvalue weighted by atomic mass is 10.1. The van der Waals surface area contributed by atoms with Crippen LogP contribution in [0.2, 0.25) is 0 Å². The van der Waals surface area contributed by atoms with Crippen molar-refractivity contribution in [3.05, 3.63) is 48.0 Å². The first-order chi connectivity index (χ1) is 9.94. The van der Waals surface area contributed by atoms with Crippen molar-refractivity contribution >= 4 is 6.03 Å². The fourth-order valence-electron chi connectivity index (χ4n) is 2.47. The summed E-state index contributed by atoms with van der Waals surface area (Å²) in [6, 6.07) is 9.90. The third-order valence-electron chi connectivity index (χ3n) is 3.42. The smallest absolute Gasteiger partial charge is 0.318 e. The minimum absolute atomic E-state index is 0.116. The highest BCUT2D eigenvalue weighted by Crippen LogP contribution is 2.13. The van der Waals surface area contributed by atoms with Gasteiger partial charge in [0.2, 0.25) is 0 Å². The zero-order chi connectivity index (χ0) is 15.3. The van der Waals surface area contributed by atoms with E-state index in [1.165, 1.54) is 0 Å². The molecule has 2 rings (SSSR count). The fraction of sp³-hybridized carbons (Fsp3) is 0.471. The van der Waals surface area contributed by atoms with Crippen LogP contribution in [-0.4, -0.2) is 34.2 Å². The number of nitrogens with zero attached hydrogens (tertiary/aromatic N) is 1. The molecule has 2 N–H and O–H groups in total. The molecule has 0 bridgehead atoms.